The van der Waals surface area contributed by atoms with Crippen LogP contribution in [0, 0.1) is 29.1 Å². The Morgan fingerprint density at radius 3 is 2.18 bits per heavy atom. The molecule has 1 aliphatic heterocycles. The summed E-state index contributed by atoms with van der Waals surface area (Å²) in [6, 6.07) is 0. The van der Waals surface area contributed by atoms with Gasteiger partial charge in [0.1, 0.15) is 0 Å². The van der Waals surface area contributed by atoms with Gasteiger partial charge in [0, 0.05) is 31.5 Å². The number of piperidine rings is 1. The van der Waals surface area contributed by atoms with Gasteiger partial charge in [0.05, 0.1) is 0 Å². The van der Waals surface area contributed by atoms with Gasteiger partial charge in [-0.05, 0) is 88.1 Å². The van der Waals surface area contributed by atoms with Crippen molar-refractivity contribution in [1.29, 1.82) is 0 Å². The highest BCUT2D eigenvalue weighted by Crippen LogP contribution is 2.60. The maximum Gasteiger partial charge on any atom is 0.226 e. The quantitative estimate of drug-likeness (QED) is 0.671. The first-order chi connectivity index (χ1) is 13.5. The van der Waals surface area contributed by atoms with Gasteiger partial charge in [-0.2, -0.15) is 0 Å². The summed E-state index contributed by atoms with van der Waals surface area (Å²) in [5.41, 5.74) is -0.103. The van der Waals surface area contributed by atoms with E-state index in [1.165, 1.54) is 51.6 Å². The molecule has 5 nitrogen and oxygen atoms in total. The van der Waals surface area contributed by atoms with Crippen molar-refractivity contribution in [2.24, 2.45) is 29.1 Å². The van der Waals surface area contributed by atoms with Crippen LogP contribution in [0.15, 0.2) is 0 Å². The van der Waals surface area contributed by atoms with Crippen molar-refractivity contribution in [2.75, 3.05) is 32.7 Å². The lowest BCUT2D eigenvalue weighted by atomic mass is 9.49. The van der Waals surface area contributed by atoms with Crippen LogP contribution < -0.4 is 10.6 Å². The minimum atomic E-state index is -0.103. The van der Waals surface area contributed by atoms with Crippen LogP contribution in [0.3, 0.4) is 0 Å². The summed E-state index contributed by atoms with van der Waals surface area (Å²) in [4.78, 5) is 27.6. The predicted molar refractivity (Wildman–Crippen MR) is 111 cm³/mol. The van der Waals surface area contributed by atoms with Crippen LogP contribution in [-0.2, 0) is 9.59 Å². The fourth-order valence-electron chi connectivity index (χ4n) is 6.89. The zero-order valence-corrected chi connectivity index (χ0v) is 17.7. The normalized spacial score (nSPS) is 35.5. The highest BCUT2D eigenvalue weighted by Gasteiger charge is 2.54. The Balaban J connectivity index is 1.13. The number of nitrogens with zero attached hydrogens (tertiary/aromatic N) is 1. The number of rotatable bonds is 8. The van der Waals surface area contributed by atoms with Crippen LogP contribution in [0.5, 0.6) is 0 Å². The molecule has 5 fully saturated rings. The predicted octanol–water partition coefficient (Wildman–Crippen LogP) is 2.95. The molecule has 0 aromatic heterocycles. The number of hydrogen-bond acceptors (Lipinski definition) is 3. The fraction of sp³-hybridized carbons (Fsp3) is 0.913. The SMILES string of the molecule is CC(CNC(=O)CCNC(=O)C12CC3CC(CC(C3)C1)C2)CN1CCCCC1. The highest BCUT2D eigenvalue weighted by molar-refractivity contribution is 5.84. The molecule has 158 valence electrons. The third-order valence-corrected chi connectivity index (χ3v) is 7.82. The summed E-state index contributed by atoms with van der Waals surface area (Å²) in [6.45, 7) is 6.90. The second-order valence-electron chi connectivity index (χ2n) is 10.5. The van der Waals surface area contributed by atoms with Gasteiger partial charge in [0.25, 0.3) is 0 Å². The molecule has 0 aromatic carbocycles. The molecular formula is C23H39N3O2. The molecule has 5 heteroatoms. The summed E-state index contributed by atoms with van der Waals surface area (Å²) >= 11 is 0. The Kier molecular flexibility index (Phi) is 6.29. The maximum absolute atomic E-state index is 12.9. The Morgan fingerprint density at radius 2 is 1.57 bits per heavy atom. The molecule has 0 radical (unpaired) electrons. The summed E-state index contributed by atoms with van der Waals surface area (Å²) in [5.74, 6) is 3.11. The van der Waals surface area contributed by atoms with Crippen LogP contribution in [0.25, 0.3) is 0 Å². The largest absolute Gasteiger partial charge is 0.356 e. The number of hydrogen-bond donors (Lipinski definition) is 2. The van der Waals surface area contributed by atoms with E-state index in [1.54, 1.807) is 0 Å². The van der Waals surface area contributed by atoms with Gasteiger partial charge in [-0.25, -0.2) is 0 Å². The molecule has 1 heterocycles. The zero-order chi connectivity index (χ0) is 19.6. The van der Waals surface area contributed by atoms with Crippen molar-refractivity contribution in [1.82, 2.24) is 15.5 Å². The van der Waals surface area contributed by atoms with E-state index in [0.29, 0.717) is 18.9 Å². The Hall–Kier alpha value is -1.10. The van der Waals surface area contributed by atoms with E-state index < -0.39 is 0 Å². The molecule has 1 unspecified atom stereocenters. The molecule has 0 aromatic rings. The van der Waals surface area contributed by atoms with Crippen LogP contribution in [0.4, 0.5) is 0 Å². The summed E-state index contributed by atoms with van der Waals surface area (Å²) in [7, 11) is 0. The Morgan fingerprint density at radius 1 is 0.964 bits per heavy atom. The van der Waals surface area contributed by atoms with E-state index in [2.05, 4.69) is 22.5 Å². The van der Waals surface area contributed by atoms with Gasteiger partial charge < -0.3 is 15.5 Å². The van der Waals surface area contributed by atoms with Gasteiger partial charge in [-0.1, -0.05) is 13.3 Å². The molecule has 0 spiro atoms. The number of nitrogens with one attached hydrogen (secondary N) is 2. The minimum Gasteiger partial charge on any atom is -0.356 e. The summed E-state index contributed by atoms with van der Waals surface area (Å²) < 4.78 is 0. The van der Waals surface area contributed by atoms with E-state index in [-0.39, 0.29) is 17.2 Å². The number of likely N-dealkylation sites (tertiary alicyclic amines) is 1. The molecular weight excluding hydrogens is 350 g/mol. The van der Waals surface area contributed by atoms with Crippen molar-refractivity contribution in [3.05, 3.63) is 0 Å². The first kappa shape index (κ1) is 20.2. The molecule has 5 aliphatic rings. The van der Waals surface area contributed by atoms with Crippen LogP contribution in [-0.4, -0.2) is 49.4 Å². The van der Waals surface area contributed by atoms with Crippen molar-refractivity contribution < 1.29 is 9.59 Å². The van der Waals surface area contributed by atoms with Crippen molar-refractivity contribution >= 4 is 11.8 Å². The monoisotopic (exact) mass is 389 g/mol. The average Bonchev–Trinajstić information content (AvgIpc) is 2.66. The second-order valence-corrected chi connectivity index (χ2v) is 10.5. The van der Waals surface area contributed by atoms with Crippen LogP contribution >= 0.6 is 0 Å². The lowest BCUT2D eigenvalue weighted by molar-refractivity contribution is -0.146. The lowest BCUT2D eigenvalue weighted by Crippen LogP contribution is -2.53. The first-order valence-electron chi connectivity index (χ1n) is 11.8. The van der Waals surface area contributed by atoms with Gasteiger partial charge in [-0.15, -0.1) is 0 Å². The molecule has 28 heavy (non-hydrogen) atoms. The molecule has 2 amide bonds. The van der Waals surface area contributed by atoms with Crippen molar-refractivity contribution in [3.8, 4) is 0 Å². The van der Waals surface area contributed by atoms with Gasteiger partial charge >= 0.3 is 0 Å². The van der Waals surface area contributed by atoms with Crippen molar-refractivity contribution in [3.63, 3.8) is 0 Å². The standard InChI is InChI=1S/C23H39N3O2/c1-17(16-26-7-3-2-4-8-26)15-25-21(27)5-6-24-22(28)23-12-18-9-19(13-23)11-20(10-18)14-23/h17-20H,2-16H2,1H3,(H,24,28)(H,25,27). The third kappa shape index (κ3) is 4.72. The topological polar surface area (TPSA) is 61.4 Å². The van der Waals surface area contributed by atoms with E-state index in [1.807, 2.05) is 0 Å². The average molecular weight is 390 g/mol. The maximum atomic E-state index is 12.9. The molecule has 4 saturated carbocycles. The fourth-order valence-corrected chi connectivity index (χ4v) is 6.89. The summed E-state index contributed by atoms with van der Waals surface area (Å²) in [5, 5.41) is 6.18. The van der Waals surface area contributed by atoms with E-state index in [0.717, 1.165) is 50.1 Å². The molecule has 1 atom stereocenters. The molecule has 4 bridgehead atoms. The number of amides is 2. The Bertz CT molecular complexity index is 535. The first-order valence-corrected chi connectivity index (χ1v) is 11.8. The molecule has 2 N–H and O–H groups in total. The van der Waals surface area contributed by atoms with Gasteiger partial charge in [-0.3, -0.25) is 9.59 Å². The molecule has 1 saturated heterocycles. The van der Waals surface area contributed by atoms with Crippen LogP contribution in [0.1, 0.15) is 71.1 Å². The molecule has 5 rings (SSSR count). The minimum absolute atomic E-state index is 0.0660. The van der Waals surface area contributed by atoms with E-state index in [9.17, 15) is 9.59 Å². The van der Waals surface area contributed by atoms with Crippen molar-refractivity contribution in [2.45, 2.75) is 71.1 Å². The Labute approximate surface area is 170 Å². The van der Waals surface area contributed by atoms with Gasteiger partial charge in [0.2, 0.25) is 11.8 Å². The zero-order valence-electron chi connectivity index (χ0n) is 17.7. The molecule has 4 aliphatic carbocycles. The third-order valence-electron chi connectivity index (χ3n) is 7.82. The highest BCUT2D eigenvalue weighted by atomic mass is 16.2. The van der Waals surface area contributed by atoms with Gasteiger partial charge in [0.15, 0.2) is 0 Å². The van der Waals surface area contributed by atoms with Crippen LogP contribution in [0.2, 0.25) is 0 Å². The summed E-state index contributed by atoms with van der Waals surface area (Å²) in [6.07, 6.45) is 11.7. The van der Waals surface area contributed by atoms with E-state index >= 15 is 0 Å². The second kappa shape index (κ2) is 8.73. The van der Waals surface area contributed by atoms with E-state index in [4.69, 9.17) is 0 Å². The lowest BCUT2D eigenvalue weighted by Gasteiger charge is -2.55. The number of carbonyl (C=O) groups excluding carboxylic acids is 2. The smallest absolute Gasteiger partial charge is 0.226 e. The number of carbonyl (C=O) groups is 2.